The first-order valence-electron chi connectivity index (χ1n) is 6.16. The van der Waals surface area contributed by atoms with Crippen LogP contribution in [0.25, 0.3) is 0 Å². The van der Waals surface area contributed by atoms with Crippen LogP contribution >= 0.6 is 0 Å². The topological polar surface area (TPSA) is 29.1 Å². The summed E-state index contributed by atoms with van der Waals surface area (Å²) in [5.74, 6) is -0.395. The predicted octanol–water partition coefficient (Wildman–Crippen LogP) is 3.62. The second-order valence-corrected chi connectivity index (χ2v) is 4.65. The molecule has 98 valence electrons. The van der Waals surface area contributed by atoms with E-state index in [0.717, 1.165) is 16.8 Å². The highest BCUT2D eigenvalue weighted by molar-refractivity contribution is 5.92. The monoisotopic (exact) mass is 257 g/mol. The second-order valence-electron chi connectivity index (χ2n) is 4.65. The van der Waals surface area contributed by atoms with Crippen molar-refractivity contribution in [2.75, 3.05) is 5.32 Å². The van der Waals surface area contributed by atoms with Gasteiger partial charge in [0.1, 0.15) is 5.82 Å². The van der Waals surface area contributed by atoms with Crippen LogP contribution in [0.4, 0.5) is 10.1 Å². The maximum Gasteiger partial charge on any atom is 0.228 e. The first kappa shape index (κ1) is 13.3. The minimum absolute atomic E-state index is 0.102. The van der Waals surface area contributed by atoms with E-state index in [1.165, 1.54) is 17.7 Å². The smallest absolute Gasteiger partial charge is 0.228 e. The van der Waals surface area contributed by atoms with E-state index in [4.69, 9.17) is 0 Å². The van der Waals surface area contributed by atoms with Crippen LogP contribution in [0.5, 0.6) is 0 Å². The minimum atomic E-state index is -0.293. The lowest BCUT2D eigenvalue weighted by molar-refractivity contribution is -0.115. The highest BCUT2D eigenvalue weighted by Crippen LogP contribution is 2.14. The molecule has 0 saturated heterocycles. The Kier molecular flexibility index (Phi) is 3.95. The lowest BCUT2D eigenvalue weighted by atomic mass is 10.1. The first-order valence-corrected chi connectivity index (χ1v) is 6.16. The molecule has 0 aliphatic heterocycles. The van der Waals surface area contributed by atoms with Crippen molar-refractivity contribution in [3.05, 3.63) is 65.0 Å². The average Bonchev–Trinajstić information content (AvgIpc) is 2.37. The first-order chi connectivity index (χ1) is 9.04. The number of carbonyl (C=O) groups excluding carboxylic acids is 1. The molecule has 2 aromatic carbocycles. The molecule has 3 heteroatoms. The molecule has 0 aliphatic rings. The molecule has 0 saturated carbocycles. The zero-order valence-corrected chi connectivity index (χ0v) is 11.0. The fraction of sp³-hybridized carbons (Fsp3) is 0.188. The van der Waals surface area contributed by atoms with Crippen molar-refractivity contribution in [3.63, 3.8) is 0 Å². The van der Waals surface area contributed by atoms with Crippen molar-refractivity contribution >= 4 is 11.6 Å². The molecule has 2 nitrogen and oxygen atoms in total. The van der Waals surface area contributed by atoms with Gasteiger partial charge in [0.25, 0.3) is 0 Å². The summed E-state index contributed by atoms with van der Waals surface area (Å²) in [4.78, 5) is 11.9. The van der Waals surface area contributed by atoms with E-state index in [1.54, 1.807) is 12.1 Å². The number of benzene rings is 2. The lowest BCUT2D eigenvalue weighted by Gasteiger charge is -2.07. The average molecular weight is 257 g/mol. The molecule has 0 bridgehead atoms. The SMILES string of the molecule is Cc1ccc(NC(=O)Cc2ccc(F)cc2)cc1C. The number of nitrogens with one attached hydrogen (secondary N) is 1. The molecule has 0 unspecified atom stereocenters. The van der Waals surface area contributed by atoms with E-state index in [0.29, 0.717) is 0 Å². The van der Waals surface area contributed by atoms with E-state index in [1.807, 2.05) is 32.0 Å². The molecular formula is C16H16FNO. The fourth-order valence-corrected chi connectivity index (χ4v) is 1.81. The molecule has 0 aliphatic carbocycles. The summed E-state index contributed by atoms with van der Waals surface area (Å²) >= 11 is 0. The molecular weight excluding hydrogens is 241 g/mol. The highest BCUT2D eigenvalue weighted by atomic mass is 19.1. The molecule has 2 rings (SSSR count). The van der Waals surface area contributed by atoms with Crippen LogP contribution in [0.15, 0.2) is 42.5 Å². The largest absolute Gasteiger partial charge is 0.326 e. The molecule has 0 heterocycles. The molecule has 2 aromatic rings. The van der Waals surface area contributed by atoms with Crippen LogP contribution in [-0.2, 0) is 11.2 Å². The van der Waals surface area contributed by atoms with Crippen LogP contribution in [0.2, 0.25) is 0 Å². The van der Waals surface area contributed by atoms with Gasteiger partial charge in [0, 0.05) is 5.69 Å². The molecule has 0 radical (unpaired) electrons. The molecule has 1 N–H and O–H groups in total. The van der Waals surface area contributed by atoms with Crippen molar-refractivity contribution in [3.8, 4) is 0 Å². The van der Waals surface area contributed by atoms with E-state index in [9.17, 15) is 9.18 Å². The molecule has 0 fully saturated rings. The van der Waals surface area contributed by atoms with Crippen LogP contribution in [-0.4, -0.2) is 5.91 Å². The van der Waals surface area contributed by atoms with Crippen molar-refractivity contribution in [1.29, 1.82) is 0 Å². The third-order valence-corrected chi connectivity index (χ3v) is 3.07. The Balaban J connectivity index is 2.01. The number of hydrogen-bond acceptors (Lipinski definition) is 1. The maximum absolute atomic E-state index is 12.8. The Morgan fingerprint density at radius 3 is 2.37 bits per heavy atom. The van der Waals surface area contributed by atoms with Gasteiger partial charge in [-0.05, 0) is 54.8 Å². The van der Waals surface area contributed by atoms with E-state index in [-0.39, 0.29) is 18.1 Å². The Labute approximate surface area is 112 Å². The van der Waals surface area contributed by atoms with Crippen LogP contribution < -0.4 is 5.32 Å². The molecule has 0 aromatic heterocycles. The second kappa shape index (κ2) is 5.65. The number of anilines is 1. The van der Waals surface area contributed by atoms with Gasteiger partial charge < -0.3 is 5.32 Å². The van der Waals surface area contributed by atoms with Gasteiger partial charge in [0.05, 0.1) is 6.42 Å². The van der Waals surface area contributed by atoms with Gasteiger partial charge in [-0.2, -0.15) is 0 Å². The summed E-state index contributed by atoms with van der Waals surface area (Å²) in [7, 11) is 0. The standard InChI is InChI=1S/C16H16FNO/c1-11-3-8-15(9-12(11)2)18-16(19)10-13-4-6-14(17)7-5-13/h3-9H,10H2,1-2H3,(H,18,19). The summed E-state index contributed by atoms with van der Waals surface area (Å²) < 4.78 is 12.8. The number of carbonyl (C=O) groups is 1. The van der Waals surface area contributed by atoms with Crippen LogP contribution in [0.3, 0.4) is 0 Å². The van der Waals surface area contributed by atoms with E-state index in [2.05, 4.69) is 5.32 Å². The van der Waals surface area contributed by atoms with Gasteiger partial charge in [-0.1, -0.05) is 18.2 Å². The summed E-state index contributed by atoms with van der Waals surface area (Å²) in [5, 5.41) is 2.84. The summed E-state index contributed by atoms with van der Waals surface area (Å²) in [6, 6.07) is 11.8. The Morgan fingerprint density at radius 1 is 1.05 bits per heavy atom. The molecule has 0 atom stereocenters. The normalized spacial score (nSPS) is 10.3. The van der Waals surface area contributed by atoms with Crippen molar-refractivity contribution in [2.45, 2.75) is 20.3 Å². The molecule has 1 amide bonds. The van der Waals surface area contributed by atoms with Crippen molar-refractivity contribution in [1.82, 2.24) is 0 Å². The number of aryl methyl sites for hydroxylation is 2. The third-order valence-electron chi connectivity index (χ3n) is 3.07. The van der Waals surface area contributed by atoms with E-state index >= 15 is 0 Å². The van der Waals surface area contributed by atoms with Crippen LogP contribution in [0, 0.1) is 19.7 Å². The number of rotatable bonds is 3. The summed E-state index contributed by atoms with van der Waals surface area (Å²) in [6.45, 7) is 4.03. The van der Waals surface area contributed by atoms with Gasteiger partial charge in [-0.25, -0.2) is 4.39 Å². The predicted molar refractivity (Wildman–Crippen MR) is 74.6 cm³/mol. The lowest BCUT2D eigenvalue weighted by Crippen LogP contribution is -2.14. The Hall–Kier alpha value is -2.16. The summed E-state index contributed by atoms with van der Waals surface area (Å²) in [5.41, 5.74) is 3.91. The van der Waals surface area contributed by atoms with Gasteiger partial charge >= 0.3 is 0 Å². The highest BCUT2D eigenvalue weighted by Gasteiger charge is 2.05. The minimum Gasteiger partial charge on any atom is -0.326 e. The Morgan fingerprint density at radius 2 is 1.74 bits per heavy atom. The van der Waals surface area contributed by atoms with Gasteiger partial charge in [0.15, 0.2) is 0 Å². The third kappa shape index (κ3) is 3.65. The van der Waals surface area contributed by atoms with Crippen molar-refractivity contribution < 1.29 is 9.18 Å². The summed E-state index contributed by atoms with van der Waals surface area (Å²) in [6.07, 6.45) is 0.243. The number of halogens is 1. The number of hydrogen-bond donors (Lipinski definition) is 1. The molecule has 0 spiro atoms. The Bertz CT molecular complexity index is 590. The van der Waals surface area contributed by atoms with Gasteiger partial charge in [0.2, 0.25) is 5.91 Å². The maximum atomic E-state index is 12.8. The zero-order valence-electron chi connectivity index (χ0n) is 11.0. The number of amides is 1. The van der Waals surface area contributed by atoms with Crippen LogP contribution in [0.1, 0.15) is 16.7 Å². The quantitative estimate of drug-likeness (QED) is 0.894. The zero-order chi connectivity index (χ0) is 13.8. The molecule has 19 heavy (non-hydrogen) atoms. The fourth-order valence-electron chi connectivity index (χ4n) is 1.81. The van der Waals surface area contributed by atoms with E-state index < -0.39 is 0 Å². The van der Waals surface area contributed by atoms with Gasteiger partial charge in [-0.15, -0.1) is 0 Å². The van der Waals surface area contributed by atoms with Gasteiger partial charge in [-0.3, -0.25) is 4.79 Å². The van der Waals surface area contributed by atoms with Crippen molar-refractivity contribution in [2.24, 2.45) is 0 Å².